The fourth-order valence-corrected chi connectivity index (χ4v) is 2.21. The second-order valence-electron chi connectivity index (χ2n) is 4.63. The van der Waals surface area contributed by atoms with Crippen molar-refractivity contribution in [1.29, 1.82) is 0 Å². The highest BCUT2D eigenvalue weighted by atomic mass is 19.3. The van der Waals surface area contributed by atoms with Crippen molar-refractivity contribution in [3.8, 4) is 5.75 Å². The zero-order chi connectivity index (χ0) is 13.1. The second kappa shape index (κ2) is 5.63. The molecule has 0 radical (unpaired) electrons. The van der Waals surface area contributed by atoms with E-state index < -0.39 is 6.61 Å². The van der Waals surface area contributed by atoms with Crippen molar-refractivity contribution in [3.63, 3.8) is 0 Å². The monoisotopic (exact) mass is 257 g/mol. The van der Waals surface area contributed by atoms with Gasteiger partial charge in [-0.3, -0.25) is 0 Å². The number of nitrogens with one attached hydrogen (secondary N) is 1. The molecule has 0 amide bonds. The SMILES string of the molecule is CC(NC1CC(O)C1)c1ccccc1OC(F)F. The van der Waals surface area contributed by atoms with Crippen molar-refractivity contribution in [1.82, 2.24) is 5.32 Å². The van der Waals surface area contributed by atoms with E-state index in [0.29, 0.717) is 18.4 Å². The maximum Gasteiger partial charge on any atom is 0.387 e. The third-order valence-corrected chi connectivity index (χ3v) is 3.20. The number of aliphatic hydroxyl groups is 1. The molecule has 18 heavy (non-hydrogen) atoms. The van der Waals surface area contributed by atoms with Crippen LogP contribution in [0.4, 0.5) is 8.78 Å². The molecule has 3 nitrogen and oxygen atoms in total. The lowest BCUT2D eigenvalue weighted by Crippen LogP contribution is -2.45. The minimum absolute atomic E-state index is 0.0857. The summed E-state index contributed by atoms with van der Waals surface area (Å²) in [6.07, 6.45) is 1.19. The van der Waals surface area contributed by atoms with Crippen LogP contribution < -0.4 is 10.1 Å². The Bertz CT molecular complexity index is 394. The fraction of sp³-hybridized carbons (Fsp3) is 0.538. The third kappa shape index (κ3) is 3.17. The Morgan fingerprint density at radius 3 is 2.61 bits per heavy atom. The van der Waals surface area contributed by atoms with Gasteiger partial charge in [0.05, 0.1) is 6.10 Å². The highest BCUT2D eigenvalue weighted by Gasteiger charge is 2.28. The smallest absolute Gasteiger partial charge is 0.387 e. The molecule has 2 N–H and O–H groups in total. The predicted molar refractivity (Wildman–Crippen MR) is 63.7 cm³/mol. The standard InChI is InChI=1S/C13H17F2NO2/c1-8(16-9-6-10(17)7-9)11-4-2-3-5-12(11)18-13(14)15/h2-5,8-10,13,16-17H,6-7H2,1H3. The Balaban J connectivity index is 2.02. The van der Waals surface area contributed by atoms with Crippen LogP contribution in [0.5, 0.6) is 5.75 Å². The van der Waals surface area contributed by atoms with Crippen LogP contribution in [0, 0.1) is 0 Å². The maximum atomic E-state index is 12.3. The number of hydrogen-bond acceptors (Lipinski definition) is 3. The van der Waals surface area contributed by atoms with Crippen molar-refractivity contribution in [2.24, 2.45) is 0 Å². The van der Waals surface area contributed by atoms with Crippen molar-refractivity contribution in [2.45, 2.75) is 44.6 Å². The summed E-state index contributed by atoms with van der Waals surface area (Å²) in [4.78, 5) is 0. The molecule has 1 atom stereocenters. The van der Waals surface area contributed by atoms with Crippen LogP contribution in [0.25, 0.3) is 0 Å². The van der Waals surface area contributed by atoms with E-state index in [4.69, 9.17) is 0 Å². The topological polar surface area (TPSA) is 41.5 Å². The molecule has 1 saturated carbocycles. The Kier molecular flexibility index (Phi) is 4.14. The van der Waals surface area contributed by atoms with E-state index >= 15 is 0 Å². The molecular formula is C13H17F2NO2. The molecule has 0 saturated heterocycles. The van der Waals surface area contributed by atoms with E-state index in [1.807, 2.05) is 6.92 Å². The number of hydrogen-bond donors (Lipinski definition) is 2. The van der Waals surface area contributed by atoms with Crippen molar-refractivity contribution < 1.29 is 18.6 Å². The molecule has 1 fully saturated rings. The number of rotatable bonds is 5. The number of aliphatic hydroxyl groups excluding tert-OH is 1. The van der Waals surface area contributed by atoms with Crippen LogP contribution in [-0.4, -0.2) is 23.9 Å². The number of benzene rings is 1. The van der Waals surface area contributed by atoms with Gasteiger partial charge in [-0.1, -0.05) is 18.2 Å². The molecule has 2 rings (SSSR count). The van der Waals surface area contributed by atoms with Gasteiger partial charge in [-0.15, -0.1) is 0 Å². The van der Waals surface area contributed by atoms with Crippen molar-refractivity contribution in [3.05, 3.63) is 29.8 Å². The summed E-state index contributed by atoms with van der Waals surface area (Å²) in [5.41, 5.74) is 0.708. The summed E-state index contributed by atoms with van der Waals surface area (Å²) < 4.78 is 29.1. The predicted octanol–water partition coefficient (Wildman–Crippen LogP) is 2.46. The molecule has 5 heteroatoms. The molecule has 1 aromatic carbocycles. The Morgan fingerprint density at radius 1 is 1.33 bits per heavy atom. The van der Waals surface area contributed by atoms with Crippen LogP contribution in [0.3, 0.4) is 0 Å². The van der Waals surface area contributed by atoms with Gasteiger partial charge in [0.1, 0.15) is 5.75 Å². The summed E-state index contributed by atoms with van der Waals surface area (Å²) in [6.45, 7) is -0.915. The molecule has 1 aromatic rings. The van der Waals surface area contributed by atoms with Crippen LogP contribution in [0.15, 0.2) is 24.3 Å². The average Bonchev–Trinajstić information content (AvgIpc) is 2.26. The van der Waals surface area contributed by atoms with Gasteiger partial charge in [-0.2, -0.15) is 8.78 Å². The van der Waals surface area contributed by atoms with E-state index in [1.165, 1.54) is 6.07 Å². The first-order valence-electron chi connectivity index (χ1n) is 6.04. The zero-order valence-corrected chi connectivity index (χ0v) is 10.1. The van der Waals surface area contributed by atoms with Crippen molar-refractivity contribution >= 4 is 0 Å². The molecule has 1 unspecified atom stereocenters. The van der Waals surface area contributed by atoms with E-state index in [0.717, 1.165) is 0 Å². The fourth-order valence-electron chi connectivity index (χ4n) is 2.21. The molecule has 0 bridgehead atoms. The van der Waals surface area contributed by atoms with Gasteiger partial charge in [-0.05, 0) is 25.8 Å². The van der Waals surface area contributed by atoms with Gasteiger partial charge in [0.25, 0.3) is 0 Å². The highest BCUT2D eigenvalue weighted by molar-refractivity contribution is 5.35. The number of halogens is 2. The largest absolute Gasteiger partial charge is 0.434 e. The van der Waals surface area contributed by atoms with Gasteiger partial charge in [-0.25, -0.2) is 0 Å². The molecular weight excluding hydrogens is 240 g/mol. The second-order valence-corrected chi connectivity index (χ2v) is 4.63. The van der Waals surface area contributed by atoms with E-state index in [9.17, 15) is 13.9 Å². The third-order valence-electron chi connectivity index (χ3n) is 3.20. The molecule has 0 aliphatic heterocycles. The summed E-state index contributed by atoms with van der Waals surface area (Å²) >= 11 is 0. The van der Waals surface area contributed by atoms with Gasteiger partial charge in [0.2, 0.25) is 0 Å². The summed E-state index contributed by atoms with van der Waals surface area (Å²) in [6, 6.07) is 6.93. The van der Waals surface area contributed by atoms with E-state index in [1.54, 1.807) is 18.2 Å². The van der Waals surface area contributed by atoms with Crippen molar-refractivity contribution in [2.75, 3.05) is 0 Å². The molecule has 0 aromatic heterocycles. The summed E-state index contributed by atoms with van der Waals surface area (Å²) in [5, 5.41) is 12.5. The summed E-state index contributed by atoms with van der Waals surface area (Å²) in [5.74, 6) is 0.201. The zero-order valence-electron chi connectivity index (χ0n) is 10.1. The Hall–Kier alpha value is -1.20. The molecule has 0 spiro atoms. The molecule has 1 aliphatic carbocycles. The van der Waals surface area contributed by atoms with Crippen LogP contribution >= 0.6 is 0 Å². The summed E-state index contributed by atoms with van der Waals surface area (Å²) in [7, 11) is 0. The van der Waals surface area contributed by atoms with Crippen LogP contribution in [0.2, 0.25) is 0 Å². The lowest BCUT2D eigenvalue weighted by Gasteiger charge is -2.34. The van der Waals surface area contributed by atoms with E-state index in [2.05, 4.69) is 10.1 Å². The first kappa shape index (κ1) is 13.2. The minimum atomic E-state index is -2.82. The highest BCUT2D eigenvalue weighted by Crippen LogP contribution is 2.29. The first-order valence-corrected chi connectivity index (χ1v) is 6.04. The number of alkyl halides is 2. The Labute approximate surface area is 105 Å². The van der Waals surface area contributed by atoms with E-state index in [-0.39, 0.29) is 23.9 Å². The maximum absolute atomic E-state index is 12.3. The molecule has 100 valence electrons. The lowest BCUT2D eigenvalue weighted by molar-refractivity contribution is -0.0507. The quantitative estimate of drug-likeness (QED) is 0.851. The normalized spacial score (nSPS) is 24.7. The lowest BCUT2D eigenvalue weighted by atomic mass is 9.88. The van der Waals surface area contributed by atoms with Gasteiger partial charge >= 0.3 is 6.61 Å². The molecule has 1 aliphatic rings. The Morgan fingerprint density at radius 2 is 2.00 bits per heavy atom. The van der Waals surface area contributed by atoms with Crippen LogP contribution in [0.1, 0.15) is 31.4 Å². The van der Waals surface area contributed by atoms with Gasteiger partial charge < -0.3 is 15.2 Å². The average molecular weight is 257 g/mol. The number of para-hydroxylation sites is 1. The first-order chi connectivity index (χ1) is 8.56. The number of ether oxygens (including phenoxy) is 1. The van der Waals surface area contributed by atoms with Crippen LogP contribution in [-0.2, 0) is 0 Å². The van der Waals surface area contributed by atoms with Gasteiger partial charge in [0.15, 0.2) is 0 Å². The minimum Gasteiger partial charge on any atom is -0.434 e. The van der Waals surface area contributed by atoms with Gasteiger partial charge in [0, 0.05) is 17.6 Å². The molecule has 0 heterocycles.